The van der Waals surface area contributed by atoms with Gasteiger partial charge in [-0.05, 0) is 25.3 Å². The molecule has 0 amide bonds. The molecule has 1 aliphatic heterocycles. The van der Waals surface area contributed by atoms with Gasteiger partial charge in [-0.25, -0.2) is 0 Å². The van der Waals surface area contributed by atoms with E-state index < -0.39 is 0 Å². The van der Waals surface area contributed by atoms with Crippen molar-refractivity contribution in [2.45, 2.75) is 25.9 Å². The first-order valence-electron chi connectivity index (χ1n) is 4.72. The summed E-state index contributed by atoms with van der Waals surface area (Å²) in [5.74, 6) is 0.464. The predicted molar refractivity (Wildman–Crippen MR) is 48.0 cm³/mol. The highest BCUT2D eigenvalue weighted by molar-refractivity contribution is 4.63. The van der Waals surface area contributed by atoms with Gasteiger partial charge in [-0.2, -0.15) is 0 Å². The Bertz CT molecular complexity index is 113. The Hall–Kier alpha value is -0.120. The lowest BCUT2D eigenvalue weighted by atomic mass is 10.2. The summed E-state index contributed by atoms with van der Waals surface area (Å²) in [6, 6.07) is 0. The molecule has 12 heavy (non-hydrogen) atoms. The van der Waals surface area contributed by atoms with Crippen LogP contribution in [0.5, 0.6) is 0 Å². The van der Waals surface area contributed by atoms with E-state index in [4.69, 9.17) is 15.2 Å². The zero-order valence-corrected chi connectivity index (χ0v) is 7.79. The van der Waals surface area contributed by atoms with Crippen LogP contribution in [0.3, 0.4) is 0 Å². The largest absolute Gasteiger partial charge is 0.378 e. The molecule has 72 valence electrons. The fraction of sp³-hybridized carbons (Fsp3) is 1.00. The number of hydrogen-bond acceptors (Lipinski definition) is 3. The minimum atomic E-state index is 0.343. The molecular weight excluding hydrogens is 154 g/mol. The molecule has 1 fully saturated rings. The first kappa shape index (κ1) is 9.96. The average Bonchev–Trinajstić information content (AvgIpc) is 2.57. The SMILES string of the molecule is CC(CN)COCC1CCCO1. The molecule has 0 spiro atoms. The van der Waals surface area contributed by atoms with Crippen LogP contribution in [0.4, 0.5) is 0 Å². The van der Waals surface area contributed by atoms with Gasteiger partial charge >= 0.3 is 0 Å². The molecule has 0 radical (unpaired) electrons. The van der Waals surface area contributed by atoms with Gasteiger partial charge in [-0.3, -0.25) is 0 Å². The topological polar surface area (TPSA) is 44.5 Å². The second-order valence-electron chi connectivity index (χ2n) is 3.51. The van der Waals surface area contributed by atoms with Crippen molar-refractivity contribution >= 4 is 0 Å². The molecule has 3 nitrogen and oxygen atoms in total. The molecule has 0 aliphatic carbocycles. The van der Waals surface area contributed by atoms with Gasteiger partial charge in [0.05, 0.1) is 19.3 Å². The maximum atomic E-state index is 5.47. The average molecular weight is 173 g/mol. The molecule has 2 unspecified atom stereocenters. The van der Waals surface area contributed by atoms with Gasteiger partial charge in [-0.15, -0.1) is 0 Å². The third-order valence-corrected chi connectivity index (χ3v) is 2.13. The first-order valence-corrected chi connectivity index (χ1v) is 4.72. The van der Waals surface area contributed by atoms with Gasteiger partial charge in [0, 0.05) is 6.61 Å². The van der Waals surface area contributed by atoms with Crippen LogP contribution >= 0.6 is 0 Å². The number of rotatable bonds is 5. The summed E-state index contributed by atoms with van der Waals surface area (Å²) in [7, 11) is 0. The zero-order chi connectivity index (χ0) is 8.81. The van der Waals surface area contributed by atoms with Crippen LogP contribution < -0.4 is 5.73 Å². The van der Waals surface area contributed by atoms with Crippen molar-refractivity contribution < 1.29 is 9.47 Å². The maximum absolute atomic E-state index is 5.47. The molecule has 0 bridgehead atoms. The van der Waals surface area contributed by atoms with E-state index in [1.54, 1.807) is 0 Å². The Morgan fingerprint density at radius 3 is 3.08 bits per heavy atom. The lowest BCUT2D eigenvalue weighted by Crippen LogP contribution is -2.21. The van der Waals surface area contributed by atoms with Crippen LogP contribution in [0, 0.1) is 5.92 Å². The summed E-state index contributed by atoms with van der Waals surface area (Å²) >= 11 is 0. The number of nitrogens with two attached hydrogens (primary N) is 1. The monoisotopic (exact) mass is 173 g/mol. The Morgan fingerprint density at radius 1 is 1.67 bits per heavy atom. The summed E-state index contributed by atoms with van der Waals surface area (Å²) in [4.78, 5) is 0. The van der Waals surface area contributed by atoms with E-state index in [0.717, 1.165) is 26.2 Å². The van der Waals surface area contributed by atoms with E-state index in [9.17, 15) is 0 Å². The molecule has 1 heterocycles. The highest BCUT2D eigenvalue weighted by Crippen LogP contribution is 2.12. The van der Waals surface area contributed by atoms with Crippen LogP contribution in [-0.2, 0) is 9.47 Å². The third-order valence-electron chi connectivity index (χ3n) is 2.13. The van der Waals surface area contributed by atoms with Gasteiger partial charge in [0.15, 0.2) is 0 Å². The molecule has 0 saturated carbocycles. The van der Waals surface area contributed by atoms with Crippen molar-refractivity contribution in [1.29, 1.82) is 0 Å². The van der Waals surface area contributed by atoms with Crippen molar-refractivity contribution in [3.05, 3.63) is 0 Å². The van der Waals surface area contributed by atoms with Gasteiger partial charge < -0.3 is 15.2 Å². The van der Waals surface area contributed by atoms with E-state index >= 15 is 0 Å². The highest BCUT2D eigenvalue weighted by atomic mass is 16.5. The summed E-state index contributed by atoms with van der Waals surface area (Å²) in [5, 5.41) is 0. The molecule has 0 aromatic rings. The van der Waals surface area contributed by atoms with E-state index in [1.807, 2.05) is 0 Å². The summed E-state index contributed by atoms with van der Waals surface area (Å²) in [6.07, 6.45) is 2.67. The second kappa shape index (κ2) is 5.51. The third kappa shape index (κ3) is 3.52. The molecule has 0 aromatic heterocycles. The maximum Gasteiger partial charge on any atom is 0.0809 e. The molecule has 2 atom stereocenters. The van der Waals surface area contributed by atoms with Crippen LogP contribution in [0.1, 0.15) is 19.8 Å². The molecule has 2 N–H and O–H groups in total. The van der Waals surface area contributed by atoms with E-state index in [0.29, 0.717) is 18.6 Å². The fourth-order valence-corrected chi connectivity index (χ4v) is 1.24. The van der Waals surface area contributed by atoms with Crippen LogP contribution in [0.15, 0.2) is 0 Å². The zero-order valence-electron chi connectivity index (χ0n) is 7.79. The normalized spacial score (nSPS) is 26.0. The summed E-state index contributed by atoms with van der Waals surface area (Å²) in [6.45, 7) is 5.20. The summed E-state index contributed by atoms with van der Waals surface area (Å²) < 4.78 is 10.9. The van der Waals surface area contributed by atoms with Gasteiger partial charge in [0.1, 0.15) is 0 Å². The molecule has 1 saturated heterocycles. The molecule has 0 aromatic carbocycles. The minimum Gasteiger partial charge on any atom is -0.378 e. The number of ether oxygens (including phenoxy) is 2. The van der Waals surface area contributed by atoms with E-state index in [2.05, 4.69) is 6.92 Å². The summed E-state index contributed by atoms with van der Waals surface area (Å²) in [5.41, 5.74) is 5.46. The lowest BCUT2D eigenvalue weighted by Gasteiger charge is -2.12. The minimum absolute atomic E-state index is 0.343. The van der Waals surface area contributed by atoms with E-state index in [1.165, 1.54) is 6.42 Å². The smallest absolute Gasteiger partial charge is 0.0809 e. The van der Waals surface area contributed by atoms with Gasteiger partial charge in [0.25, 0.3) is 0 Å². The predicted octanol–water partition coefficient (Wildman–Crippen LogP) is 0.777. The van der Waals surface area contributed by atoms with Crippen molar-refractivity contribution in [2.75, 3.05) is 26.4 Å². The molecular formula is C9H19NO2. The van der Waals surface area contributed by atoms with Crippen molar-refractivity contribution in [3.8, 4) is 0 Å². The second-order valence-corrected chi connectivity index (χ2v) is 3.51. The fourth-order valence-electron chi connectivity index (χ4n) is 1.24. The Balaban J connectivity index is 1.94. The Labute approximate surface area is 74.2 Å². The van der Waals surface area contributed by atoms with E-state index in [-0.39, 0.29) is 0 Å². The first-order chi connectivity index (χ1) is 5.83. The Kier molecular flexibility index (Phi) is 4.58. The van der Waals surface area contributed by atoms with Crippen molar-refractivity contribution in [2.24, 2.45) is 11.7 Å². The molecule has 3 heteroatoms. The standard InChI is InChI=1S/C9H19NO2/c1-8(5-10)6-11-7-9-3-2-4-12-9/h8-9H,2-7,10H2,1H3. The molecule has 1 aliphatic rings. The quantitative estimate of drug-likeness (QED) is 0.668. The van der Waals surface area contributed by atoms with Gasteiger partial charge in [0.2, 0.25) is 0 Å². The van der Waals surface area contributed by atoms with Crippen molar-refractivity contribution in [1.82, 2.24) is 0 Å². The van der Waals surface area contributed by atoms with Crippen LogP contribution in [0.2, 0.25) is 0 Å². The highest BCUT2D eigenvalue weighted by Gasteiger charge is 2.15. The Morgan fingerprint density at radius 2 is 2.50 bits per heavy atom. The molecule has 1 rings (SSSR count). The lowest BCUT2D eigenvalue weighted by molar-refractivity contribution is 0.00797. The van der Waals surface area contributed by atoms with Crippen molar-refractivity contribution in [3.63, 3.8) is 0 Å². The van der Waals surface area contributed by atoms with Gasteiger partial charge in [-0.1, -0.05) is 6.92 Å². The number of hydrogen-bond donors (Lipinski definition) is 1. The van der Waals surface area contributed by atoms with Crippen LogP contribution in [0.25, 0.3) is 0 Å². The van der Waals surface area contributed by atoms with Crippen LogP contribution in [-0.4, -0.2) is 32.5 Å².